The third-order valence-corrected chi connectivity index (χ3v) is 6.59. The number of aromatic amines is 1. The summed E-state index contributed by atoms with van der Waals surface area (Å²) >= 11 is 0. The van der Waals surface area contributed by atoms with Gasteiger partial charge in [0.1, 0.15) is 6.04 Å². The van der Waals surface area contributed by atoms with Crippen molar-refractivity contribution < 1.29 is 22.8 Å². The zero-order valence-electron chi connectivity index (χ0n) is 22.0. The van der Waals surface area contributed by atoms with Crippen LogP contribution in [-0.2, 0) is 17.4 Å². The molecule has 2 atom stereocenters. The van der Waals surface area contributed by atoms with Crippen LogP contribution in [0.4, 0.5) is 23.7 Å². The maximum absolute atomic E-state index is 13.3. The van der Waals surface area contributed by atoms with E-state index >= 15 is 0 Å². The molecular formula is C28H36F3N5O2. The lowest BCUT2D eigenvalue weighted by Gasteiger charge is -2.23. The van der Waals surface area contributed by atoms with Crippen molar-refractivity contribution >= 4 is 28.5 Å². The molecule has 0 radical (unpaired) electrons. The number of hydrogen-bond acceptors (Lipinski definition) is 3. The van der Waals surface area contributed by atoms with Crippen LogP contribution >= 0.6 is 0 Å². The molecule has 0 aliphatic rings. The minimum absolute atomic E-state index is 0.0942. The Morgan fingerprint density at radius 2 is 1.68 bits per heavy atom. The molecular weight excluding hydrogens is 495 g/mol. The van der Waals surface area contributed by atoms with Gasteiger partial charge in [-0.15, -0.1) is 0 Å². The van der Waals surface area contributed by atoms with Crippen LogP contribution in [0.2, 0.25) is 0 Å². The average Bonchev–Trinajstić information content (AvgIpc) is 3.28. The van der Waals surface area contributed by atoms with Crippen molar-refractivity contribution in [3.05, 3.63) is 65.9 Å². The number of nitrogens with one attached hydrogen (secondary N) is 4. The van der Waals surface area contributed by atoms with E-state index in [1.54, 1.807) is 0 Å². The van der Waals surface area contributed by atoms with Gasteiger partial charge in [0.05, 0.1) is 5.56 Å². The van der Waals surface area contributed by atoms with E-state index < -0.39 is 23.8 Å². The predicted octanol–water partition coefficient (Wildman–Crippen LogP) is 5.55. The third kappa shape index (κ3) is 8.24. The Labute approximate surface area is 221 Å². The second-order valence-corrected chi connectivity index (χ2v) is 9.37. The molecule has 0 fully saturated rings. The first-order valence-electron chi connectivity index (χ1n) is 12.9. The lowest BCUT2D eigenvalue weighted by atomic mass is 10.0. The van der Waals surface area contributed by atoms with Gasteiger partial charge in [-0.2, -0.15) is 13.2 Å². The summed E-state index contributed by atoms with van der Waals surface area (Å²) in [5, 5.41) is 9.18. The highest BCUT2D eigenvalue weighted by Gasteiger charge is 2.30. The number of alkyl halides is 3. The molecule has 0 spiro atoms. The monoisotopic (exact) mass is 531 g/mol. The number of carbonyl (C=O) groups excluding carboxylic acids is 2. The number of hydrogen-bond donors (Lipinski definition) is 4. The Balaban J connectivity index is 1.68. The van der Waals surface area contributed by atoms with Crippen LogP contribution in [-0.4, -0.2) is 53.5 Å². The Kier molecular flexibility index (Phi) is 10.2. The molecule has 3 aromatic rings. The van der Waals surface area contributed by atoms with E-state index in [0.717, 1.165) is 61.1 Å². The van der Waals surface area contributed by atoms with Gasteiger partial charge in [0.25, 0.3) is 0 Å². The van der Waals surface area contributed by atoms with E-state index in [4.69, 9.17) is 0 Å². The van der Waals surface area contributed by atoms with Crippen LogP contribution in [0, 0.1) is 0 Å². The van der Waals surface area contributed by atoms with E-state index in [9.17, 15) is 22.8 Å². The Hall–Kier alpha value is -3.53. The number of urea groups is 1. The molecule has 0 saturated carbocycles. The summed E-state index contributed by atoms with van der Waals surface area (Å²) in [5.41, 5.74) is 1.16. The van der Waals surface area contributed by atoms with Crippen LogP contribution in [0.25, 0.3) is 10.9 Å². The number of amides is 3. The standard InChI is InChI=1S/C28H36F3N5O2/c1-4-36(5-2)16-8-9-19(3)33-26(37)25(17-20-18-32-24-11-7-6-10-23(20)24)35-27(38)34-22-14-12-21(13-15-22)28(29,30)31/h6-7,10-15,18-19,25,32H,4-5,8-9,16-17H2,1-3H3,(H,33,37)(H2,34,35,38). The topological polar surface area (TPSA) is 89.3 Å². The van der Waals surface area contributed by atoms with Gasteiger partial charge in [0.2, 0.25) is 5.91 Å². The van der Waals surface area contributed by atoms with Crippen LogP contribution in [0.5, 0.6) is 0 Å². The maximum atomic E-state index is 13.3. The minimum Gasteiger partial charge on any atom is -0.361 e. The van der Waals surface area contributed by atoms with E-state index in [2.05, 4.69) is 39.7 Å². The lowest BCUT2D eigenvalue weighted by molar-refractivity contribution is -0.137. The molecule has 10 heteroatoms. The number of carbonyl (C=O) groups is 2. The second-order valence-electron chi connectivity index (χ2n) is 9.37. The highest BCUT2D eigenvalue weighted by atomic mass is 19.4. The summed E-state index contributed by atoms with van der Waals surface area (Å²) in [4.78, 5) is 31.5. The van der Waals surface area contributed by atoms with Gasteiger partial charge in [-0.1, -0.05) is 32.0 Å². The summed E-state index contributed by atoms with van der Waals surface area (Å²) in [6, 6.07) is 10.1. The fourth-order valence-corrected chi connectivity index (χ4v) is 4.37. The number of benzene rings is 2. The molecule has 2 unspecified atom stereocenters. The molecule has 1 heterocycles. The quantitative estimate of drug-likeness (QED) is 0.247. The zero-order valence-corrected chi connectivity index (χ0v) is 22.0. The first-order valence-corrected chi connectivity index (χ1v) is 12.9. The summed E-state index contributed by atoms with van der Waals surface area (Å²) in [7, 11) is 0. The molecule has 0 bridgehead atoms. The zero-order chi connectivity index (χ0) is 27.7. The Bertz CT molecular complexity index is 1190. The number of anilines is 1. The first kappa shape index (κ1) is 29.0. The van der Waals surface area contributed by atoms with Gasteiger partial charge >= 0.3 is 12.2 Å². The summed E-state index contributed by atoms with van der Waals surface area (Å²) in [5.74, 6) is -0.326. The van der Waals surface area contributed by atoms with Gasteiger partial charge < -0.3 is 25.8 Å². The van der Waals surface area contributed by atoms with E-state index in [0.29, 0.717) is 0 Å². The molecule has 3 rings (SSSR count). The molecule has 0 saturated heterocycles. The molecule has 0 aliphatic carbocycles. The summed E-state index contributed by atoms with van der Waals surface area (Å²) in [6.45, 7) is 9.06. The van der Waals surface area contributed by atoms with Crippen LogP contribution in [0.1, 0.15) is 44.7 Å². The van der Waals surface area contributed by atoms with Gasteiger partial charge in [0, 0.05) is 35.2 Å². The van der Waals surface area contributed by atoms with Gasteiger partial charge in [-0.25, -0.2) is 4.79 Å². The number of fused-ring (bicyclic) bond motifs is 1. The van der Waals surface area contributed by atoms with Crippen molar-refractivity contribution in [1.29, 1.82) is 0 Å². The molecule has 38 heavy (non-hydrogen) atoms. The molecule has 3 amide bonds. The van der Waals surface area contributed by atoms with Crippen molar-refractivity contribution in [2.75, 3.05) is 25.0 Å². The molecule has 1 aromatic heterocycles. The number of H-pyrrole nitrogens is 1. The molecule has 4 N–H and O–H groups in total. The highest BCUT2D eigenvalue weighted by Crippen LogP contribution is 2.29. The van der Waals surface area contributed by atoms with Crippen LogP contribution in [0.3, 0.4) is 0 Å². The van der Waals surface area contributed by atoms with Gasteiger partial charge in [0.15, 0.2) is 0 Å². The van der Waals surface area contributed by atoms with Gasteiger partial charge in [-0.3, -0.25) is 4.79 Å². The predicted molar refractivity (Wildman–Crippen MR) is 144 cm³/mol. The van der Waals surface area contributed by atoms with Crippen molar-refractivity contribution in [3.8, 4) is 0 Å². The molecule has 7 nitrogen and oxygen atoms in total. The average molecular weight is 532 g/mol. The molecule has 2 aromatic carbocycles. The largest absolute Gasteiger partial charge is 0.416 e. The normalized spacial score (nSPS) is 13.3. The van der Waals surface area contributed by atoms with Crippen molar-refractivity contribution in [2.24, 2.45) is 0 Å². The minimum atomic E-state index is -4.47. The number of rotatable bonds is 12. The molecule has 206 valence electrons. The Morgan fingerprint density at radius 3 is 2.34 bits per heavy atom. The van der Waals surface area contributed by atoms with E-state index in [-0.39, 0.29) is 24.1 Å². The molecule has 0 aliphatic heterocycles. The number of halogens is 3. The summed E-state index contributed by atoms with van der Waals surface area (Å²) < 4.78 is 38.5. The number of aromatic nitrogens is 1. The van der Waals surface area contributed by atoms with E-state index in [1.807, 2.05) is 37.4 Å². The highest BCUT2D eigenvalue weighted by molar-refractivity contribution is 5.94. The maximum Gasteiger partial charge on any atom is 0.416 e. The first-order chi connectivity index (χ1) is 18.1. The van der Waals surface area contributed by atoms with Crippen LogP contribution in [0.15, 0.2) is 54.7 Å². The summed E-state index contributed by atoms with van der Waals surface area (Å²) in [6.07, 6.45) is -0.695. The van der Waals surface area contributed by atoms with Crippen molar-refractivity contribution in [3.63, 3.8) is 0 Å². The van der Waals surface area contributed by atoms with Gasteiger partial charge in [-0.05, 0) is 75.3 Å². The smallest absolute Gasteiger partial charge is 0.361 e. The third-order valence-electron chi connectivity index (χ3n) is 6.59. The SMILES string of the molecule is CCN(CC)CCCC(C)NC(=O)C(Cc1c[nH]c2ccccc12)NC(=O)Nc1ccc(C(F)(F)F)cc1. The van der Waals surface area contributed by atoms with E-state index in [1.165, 1.54) is 12.1 Å². The number of para-hydroxylation sites is 1. The van der Waals surface area contributed by atoms with Crippen molar-refractivity contribution in [2.45, 2.75) is 58.3 Å². The second kappa shape index (κ2) is 13.3. The number of nitrogens with zero attached hydrogens (tertiary/aromatic N) is 1. The Morgan fingerprint density at radius 1 is 1.00 bits per heavy atom. The fourth-order valence-electron chi connectivity index (χ4n) is 4.37. The van der Waals surface area contributed by atoms with Crippen molar-refractivity contribution in [1.82, 2.24) is 20.5 Å². The van der Waals surface area contributed by atoms with Crippen LogP contribution < -0.4 is 16.0 Å². The lowest BCUT2D eigenvalue weighted by Crippen LogP contribution is -2.51. The fraction of sp³-hybridized carbons (Fsp3) is 0.429.